The van der Waals surface area contributed by atoms with Crippen molar-refractivity contribution in [3.05, 3.63) is 33.8 Å². The Kier molecular flexibility index (Phi) is 4.22. The van der Waals surface area contributed by atoms with Crippen LogP contribution < -0.4 is 0 Å². The van der Waals surface area contributed by atoms with E-state index in [4.69, 9.17) is 0 Å². The first-order chi connectivity index (χ1) is 6.93. The molecule has 0 aliphatic carbocycles. The van der Waals surface area contributed by atoms with Crippen molar-refractivity contribution in [3.63, 3.8) is 0 Å². The second-order valence-corrected chi connectivity index (χ2v) is 4.69. The Morgan fingerprint density at radius 2 is 1.93 bits per heavy atom. The molecule has 0 radical (unpaired) electrons. The number of rotatable bonds is 3. The molecule has 0 aliphatic rings. The van der Waals surface area contributed by atoms with Gasteiger partial charge >= 0.3 is 0 Å². The smallest absolute Gasteiger partial charge is 0.143 e. The summed E-state index contributed by atoms with van der Waals surface area (Å²) in [5.41, 5.74) is -0.0643. The molecule has 1 aromatic rings. The number of aliphatic hydroxyl groups excluding tert-OH is 1. The van der Waals surface area contributed by atoms with Gasteiger partial charge in [0, 0.05) is 12.0 Å². The van der Waals surface area contributed by atoms with Crippen molar-refractivity contribution in [2.45, 2.75) is 26.4 Å². The van der Waals surface area contributed by atoms with Gasteiger partial charge in [-0.3, -0.25) is 0 Å². The fourth-order valence-corrected chi connectivity index (χ4v) is 1.57. The summed E-state index contributed by atoms with van der Waals surface area (Å²) in [7, 11) is 0. The molecule has 0 bridgehead atoms. The molecule has 0 saturated carbocycles. The third-order valence-electron chi connectivity index (χ3n) is 2.32. The van der Waals surface area contributed by atoms with Crippen LogP contribution in [0.2, 0.25) is 0 Å². The minimum atomic E-state index is -0.733. The Bertz CT molecular complexity index is 353. The molecule has 84 valence electrons. The number of aliphatic hydroxyl groups is 1. The van der Waals surface area contributed by atoms with Gasteiger partial charge in [0.05, 0.1) is 10.6 Å². The van der Waals surface area contributed by atoms with Gasteiger partial charge in [-0.15, -0.1) is 0 Å². The molecule has 0 heterocycles. The maximum Gasteiger partial charge on any atom is 0.143 e. The first-order valence-electron chi connectivity index (χ1n) is 4.74. The van der Waals surface area contributed by atoms with Crippen LogP contribution in [-0.4, -0.2) is 11.2 Å². The van der Waals surface area contributed by atoms with E-state index in [1.54, 1.807) is 13.8 Å². The van der Waals surface area contributed by atoms with Crippen molar-refractivity contribution >= 4 is 15.9 Å². The van der Waals surface area contributed by atoms with Crippen LogP contribution in [0.5, 0.6) is 0 Å². The van der Waals surface area contributed by atoms with E-state index in [9.17, 15) is 13.9 Å². The van der Waals surface area contributed by atoms with E-state index in [-0.39, 0.29) is 22.4 Å². The average Bonchev–Trinajstić information content (AvgIpc) is 2.18. The van der Waals surface area contributed by atoms with Gasteiger partial charge in [0.2, 0.25) is 0 Å². The van der Waals surface area contributed by atoms with Gasteiger partial charge < -0.3 is 5.11 Å². The second kappa shape index (κ2) is 5.03. The summed E-state index contributed by atoms with van der Waals surface area (Å²) in [6.45, 7) is 3.61. The number of halogens is 3. The first-order valence-corrected chi connectivity index (χ1v) is 5.53. The predicted molar refractivity (Wildman–Crippen MR) is 58.6 cm³/mol. The van der Waals surface area contributed by atoms with E-state index in [1.165, 1.54) is 12.1 Å². The highest BCUT2D eigenvalue weighted by molar-refractivity contribution is 9.10. The van der Waals surface area contributed by atoms with Crippen LogP contribution in [-0.2, 0) is 6.42 Å². The summed E-state index contributed by atoms with van der Waals surface area (Å²) in [5.74, 6) is -1.27. The Hall–Kier alpha value is -0.480. The number of hydrogen-bond donors (Lipinski definition) is 1. The Balaban J connectivity index is 2.98. The molecular formula is C11H13BrF2O. The van der Waals surface area contributed by atoms with Crippen LogP contribution in [0.4, 0.5) is 8.78 Å². The van der Waals surface area contributed by atoms with Gasteiger partial charge in [0.1, 0.15) is 11.6 Å². The van der Waals surface area contributed by atoms with Crippen molar-refractivity contribution in [1.29, 1.82) is 0 Å². The lowest BCUT2D eigenvalue weighted by molar-refractivity contribution is 0.123. The van der Waals surface area contributed by atoms with E-state index in [0.29, 0.717) is 0 Å². The average molecular weight is 279 g/mol. The van der Waals surface area contributed by atoms with Gasteiger partial charge in [-0.05, 0) is 34.0 Å². The third kappa shape index (κ3) is 2.98. The lowest BCUT2D eigenvalue weighted by Gasteiger charge is -2.15. The molecular weight excluding hydrogens is 266 g/mol. The van der Waals surface area contributed by atoms with Crippen LogP contribution in [0, 0.1) is 17.6 Å². The van der Waals surface area contributed by atoms with E-state index in [2.05, 4.69) is 15.9 Å². The van der Waals surface area contributed by atoms with Crippen LogP contribution in [0.15, 0.2) is 16.6 Å². The topological polar surface area (TPSA) is 20.2 Å². The second-order valence-electron chi connectivity index (χ2n) is 3.84. The predicted octanol–water partition coefficient (Wildman–Crippen LogP) is 3.29. The van der Waals surface area contributed by atoms with E-state index < -0.39 is 17.7 Å². The Labute approximate surface area is 96.2 Å². The summed E-state index contributed by atoms with van der Waals surface area (Å²) in [5, 5.41) is 9.57. The highest BCUT2D eigenvalue weighted by Crippen LogP contribution is 2.23. The van der Waals surface area contributed by atoms with E-state index in [0.717, 1.165) is 0 Å². The van der Waals surface area contributed by atoms with Crippen molar-refractivity contribution in [1.82, 2.24) is 0 Å². The molecule has 0 aliphatic heterocycles. The molecule has 0 fully saturated rings. The Morgan fingerprint density at radius 3 is 2.47 bits per heavy atom. The molecule has 1 N–H and O–H groups in total. The van der Waals surface area contributed by atoms with Crippen molar-refractivity contribution in [2.75, 3.05) is 0 Å². The molecule has 0 aromatic heterocycles. The van der Waals surface area contributed by atoms with Crippen LogP contribution in [0.3, 0.4) is 0 Å². The molecule has 1 atom stereocenters. The van der Waals surface area contributed by atoms with Crippen molar-refractivity contribution in [2.24, 2.45) is 5.92 Å². The van der Waals surface area contributed by atoms with Gasteiger partial charge in [0.25, 0.3) is 0 Å². The quantitative estimate of drug-likeness (QED) is 0.842. The molecule has 1 unspecified atom stereocenters. The lowest BCUT2D eigenvalue weighted by atomic mass is 9.99. The molecule has 1 aromatic carbocycles. The summed E-state index contributed by atoms with van der Waals surface area (Å²) in [6.07, 6.45) is -0.738. The largest absolute Gasteiger partial charge is 0.393 e. The molecule has 4 heteroatoms. The zero-order valence-corrected chi connectivity index (χ0v) is 10.2. The number of benzene rings is 1. The molecule has 1 rings (SSSR count). The minimum Gasteiger partial charge on any atom is -0.393 e. The van der Waals surface area contributed by atoms with Crippen molar-refractivity contribution in [3.8, 4) is 0 Å². The fourth-order valence-electron chi connectivity index (χ4n) is 1.20. The van der Waals surface area contributed by atoms with Crippen LogP contribution >= 0.6 is 15.9 Å². The van der Waals surface area contributed by atoms with Gasteiger partial charge in [-0.1, -0.05) is 13.8 Å². The summed E-state index contributed by atoms with van der Waals surface area (Å²) < 4.78 is 27.0. The molecule has 1 nitrogen and oxygen atoms in total. The normalized spacial score (nSPS) is 13.3. The summed E-state index contributed by atoms with van der Waals surface area (Å²) in [4.78, 5) is 0. The third-order valence-corrected chi connectivity index (χ3v) is 2.93. The maximum absolute atomic E-state index is 13.5. The molecule has 0 amide bonds. The van der Waals surface area contributed by atoms with Crippen LogP contribution in [0.1, 0.15) is 19.4 Å². The SMILES string of the molecule is CC(C)C(O)Cc1c(F)ccc(Br)c1F. The van der Waals surface area contributed by atoms with Crippen LogP contribution in [0.25, 0.3) is 0 Å². The molecule has 0 spiro atoms. The standard InChI is InChI=1S/C11H13BrF2O/c1-6(2)10(15)5-7-9(13)4-3-8(12)11(7)14/h3-4,6,10,15H,5H2,1-2H3. The molecule has 0 saturated heterocycles. The highest BCUT2D eigenvalue weighted by Gasteiger charge is 2.18. The monoisotopic (exact) mass is 278 g/mol. The zero-order chi connectivity index (χ0) is 11.6. The lowest BCUT2D eigenvalue weighted by Crippen LogP contribution is -2.19. The Morgan fingerprint density at radius 1 is 1.33 bits per heavy atom. The zero-order valence-electron chi connectivity index (χ0n) is 8.60. The number of hydrogen-bond acceptors (Lipinski definition) is 1. The maximum atomic E-state index is 13.5. The first kappa shape index (κ1) is 12.6. The van der Waals surface area contributed by atoms with Gasteiger partial charge in [0.15, 0.2) is 0 Å². The fraction of sp³-hybridized carbons (Fsp3) is 0.455. The van der Waals surface area contributed by atoms with Crippen molar-refractivity contribution < 1.29 is 13.9 Å². The van der Waals surface area contributed by atoms with Gasteiger partial charge in [-0.2, -0.15) is 0 Å². The van der Waals surface area contributed by atoms with E-state index >= 15 is 0 Å². The summed E-state index contributed by atoms with van der Waals surface area (Å²) >= 11 is 2.98. The minimum absolute atomic E-state index is 0.00519. The van der Waals surface area contributed by atoms with E-state index in [1.807, 2.05) is 0 Å². The highest BCUT2D eigenvalue weighted by atomic mass is 79.9. The summed E-state index contributed by atoms with van der Waals surface area (Å²) in [6, 6.07) is 2.51. The molecule has 15 heavy (non-hydrogen) atoms. The van der Waals surface area contributed by atoms with Gasteiger partial charge in [-0.25, -0.2) is 8.78 Å².